The lowest BCUT2D eigenvalue weighted by Gasteiger charge is -2.11. The van der Waals surface area contributed by atoms with Crippen LogP contribution in [0.3, 0.4) is 0 Å². The second-order valence-electron chi connectivity index (χ2n) is 9.50. The maximum atomic E-state index is 12.8. The predicted molar refractivity (Wildman–Crippen MR) is 165 cm³/mol. The molecule has 5 aromatic carbocycles. The Balaban J connectivity index is 1.15. The fourth-order valence-electron chi connectivity index (χ4n) is 4.21. The van der Waals surface area contributed by atoms with Gasteiger partial charge in [-0.25, -0.2) is 10.2 Å². The quantitative estimate of drug-likeness (QED) is 0.0760. The van der Waals surface area contributed by atoms with Crippen molar-refractivity contribution in [2.45, 2.75) is 6.92 Å². The van der Waals surface area contributed by atoms with Gasteiger partial charge in [-0.3, -0.25) is 14.4 Å². The molecule has 0 fully saturated rings. The first-order chi connectivity index (χ1) is 20.9. The van der Waals surface area contributed by atoms with Crippen molar-refractivity contribution in [3.8, 4) is 5.75 Å². The van der Waals surface area contributed by atoms with E-state index in [2.05, 4.69) is 21.2 Å². The van der Waals surface area contributed by atoms with E-state index >= 15 is 0 Å². The first-order valence-corrected chi connectivity index (χ1v) is 13.3. The van der Waals surface area contributed by atoms with Crippen molar-refractivity contribution in [2.75, 3.05) is 10.6 Å². The van der Waals surface area contributed by atoms with Gasteiger partial charge in [0, 0.05) is 5.69 Å². The zero-order valence-electron chi connectivity index (χ0n) is 23.0. The number of hydrogen-bond donors (Lipinski definition) is 3. The van der Waals surface area contributed by atoms with E-state index < -0.39 is 23.7 Å². The van der Waals surface area contributed by atoms with Crippen LogP contribution in [0.2, 0.25) is 0 Å². The van der Waals surface area contributed by atoms with Crippen molar-refractivity contribution in [3.63, 3.8) is 0 Å². The van der Waals surface area contributed by atoms with Gasteiger partial charge in [-0.15, -0.1) is 0 Å². The smallest absolute Gasteiger partial charge is 0.344 e. The lowest BCUT2D eigenvalue weighted by molar-refractivity contribution is -0.136. The third kappa shape index (κ3) is 7.17. The van der Waals surface area contributed by atoms with Gasteiger partial charge >= 0.3 is 17.8 Å². The zero-order valence-corrected chi connectivity index (χ0v) is 23.0. The number of anilines is 2. The van der Waals surface area contributed by atoms with Crippen molar-refractivity contribution >= 4 is 52.1 Å². The molecule has 3 amide bonds. The fourth-order valence-corrected chi connectivity index (χ4v) is 4.21. The molecule has 9 nitrogen and oxygen atoms in total. The number of para-hydroxylation sites is 1. The minimum Gasteiger partial charge on any atom is -0.423 e. The zero-order chi connectivity index (χ0) is 30.2. The molecule has 0 aliphatic rings. The second kappa shape index (κ2) is 13.0. The summed E-state index contributed by atoms with van der Waals surface area (Å²) in [6, 6.07) is 33.1. The lowest BCUT2D eigenvalue weighted by atomic mass is 10.0. The van der Waals surface area contributed by atoms with Gasteiger partial charge in [0.15, 0.2) is 0 Å². The predicted octanol–water partition coefficient (Wildman–Crippen LogP) is 5.71. The Labute approximate surface area is 247 Å². The normalized spacial score (nSPS) is 10.7. The summed E-state index contributed by atoms with van der Waals surface area (Å²) in [5, 5.41) is 10.8. The Morgan fingerprint density at radius 1 is 0.674 bits per heavy atom. The Hall–Kier alpha value is -6.09. The number of fused-ring (bicyclic) bond motifs is 1. The van der Waals surface area contributed by atoms with E-state index in [1.54, 1.807) is 60.7 Å². The van der Waals surface area contributed by atoms with E-state index in [1.165, 1.54) is 18.3 Å². The molecule has 0 unspecified atom stereocenters. The largest absolute Gasteiger partial charge is 0.423 e. The Kier molecular flexibility index (Phi) is 8.63. The molecule has 5 aromatic rings. The number of esters is 1. The molecule has 0 spiro atoms. The molecule has 43 heavy (non-hydrogen) atoms. The molecule has 0 aromatic heterocycles. The summed E-state index contributed by atoms with van der Waals surface area (Å²) in [7, 11) is 0. The molecule has 0 aliphatic carbocycles. The molecule has 3 N–H and O–H groups in total. The van der Waals surface area contributed by atoms with Crippen LogP contribution in [0.1, 0.15) is 31.8 Å². The first kappa shape index (κ1) is 28.4. The monoisotopic (exact) mass is 570 g/mol. The van der Waals surface area contributed by atoms with Gasteiger partial charge in [-0.2, -0.15) is 5.10 Å². The van der Waals surface area contributed by atoms with Crippen LogP contribution in [0.4, 0.5) is 11.4 Å². The van der Waals surface area contributed by atoms with Gasteiger partial charge in [-0.05, 0) is 77.9 Å². The molecule has 0 aliphatic heterocycles. The lowest BCUT2D eigenvalue weighted by Crippen LogP contribution is -2.33. The highest BCUT2D eigenvalue weighted by molar-refractivity contribution is 6.40. The standard InChI is InChI=1S/C34H26N4O5/c1-22-13-17-25(18-14-22)36-31(39)29-10-4-5-12-30(29)37-32(40)33(41)38-35-21-23-15-19-26(20-16-23)43-34(42)28-11-6-8-24-7-2-3-9-27(24)28/h2-21H,1H3,(H,36,39)(H,37,40)(H,38,41)/b35-21+. The molecule has 0 bridgehead atoms. The Morgan fingerprint density at radius 3 is 2.14 bits per heavy atom. The highest BCUT2D eigenvalue weighted by Crippen LogP contribution is 2.21. The van der Waals surface area contributed by atoms with Gasteiger partial charge in [0.2, 0.25) is 0 Å². The number of ether oxygens (including phenoxy) is 1. The van der Waals surface area contributed by atoms with E-state index in [9.17, 15) is 19.2 Å². The number of hydrazone groups is 1. The maximum absolute atomic E-state index is 12.8. The number of rotatable bonds is 7. The first-order valence-electron chi connectivity index (χ1n) is 13.3. The topological polar surface area (TPSA) is 126 Å². The van der Waals surface area contributed by atoms with Gasteiger partial charge in [0.05, 0.1) is 23.0 Å². The Bertz CT molecular complexity index is 1840. The summed E-state index contributed by atoms with van der Waals surface area (Å²) in [5.74, 6) is -2.60. The third-order valence-corrected chi connectivity index (χ3v) is 6.42. The van der Waals surface area contributed by atoms with Crippen LogP contribution in [0.5, 0.6) is 5.75 Å². The van der Waals surface area contributed by atoms with Crippen LogP contribution in [-0.4, -0.2) is 29.9 Å². The summed E-state index contributed by atoms with van der Waals surface area (Å²) in [5.41, 5.74) is 5.21. The molecule has 9 heteroatoms. The van der Waals surface area contributed by atoms with Crippen molar-refractivity contribution in [2.24, 2.45) is 5.10 Å². The summed E-state index contributed by atoms with van der Waals surface area (Å²) < 4.78 is 5.52. The molecule has 0 saturated heterocycles. The number of nitrogens with one attached hydrogen (secondary N) is 3. The number of nitrogens with zero attached hydrogens (tertiary/aromatic N) is 1. The van der Waals surface area contributed by atoms with Gasteiger partial charge < -0.3 is 15.4 Å². The SMILES string of the molecule is Cc1ccc(NC(=O)c2ccccc2NC(=O)C(=O)N/N=C/c2ccc(OC(=O)c3cccc4ccccc34)cc2)cc1. The number of carbonyl (C=O) groups excluding carboxylic acids is 4. The van der Waals surface area contributed by atoms with Crippen LogP contribution < -0.4 is 20.8 Å². The molecular formula is C34H26N4O5. The summed E-state index contributed by atoms with van der Waals surface area (Å²) in [6.45, 7) is 1.94. The van der Waals surface area contributed by atoms with E-state index in [0.717, 1.165) is 16.3 Å². The van der Waals surface area contributed by atoms with E-state index in [-0.39, 0.29) is 11.3 Å². The minimum absolute atomic E-state index is 0.171. The number of benzene rings is 5. The highest BCUT2D eigenvalue weighted by Gasteiger charge is 2.18. The van der Waals surface area contributed by atoms with E-state index in [1.807, 2.05) is 49.4 Å². The van der Waals surface area contributed by atoms with Crippen LogP contribution in [0, 0.1) is 6.92 Å². The number of amides is 3. The number of carbonyl (C=O) groups is 4. The summed E-state index contributed by atoms with van der Waals surface area (Å²) in [4.78, 5) is 50.4. The second-order valence-corrected chi connectivity index (χ2v) is 9.50. The molecule has 0 heterocycles. The fraction of sp³-hybridized carbons (Fsp3) is 0.0294. The summed E-state index contributed by atoms with van der Waals surface area (Å²) >= 11 is 0. The van der Waals surface area contributed by atoms with Crippen LogP contribution in [0.25, 0.3) is 10.8 Å². The van der Waals surface area contributed by atoms with Crippen LogP contribution in [-0.2, 0) is 9.59 Å². The van der Waals surface area contributed by atoms with Gasteiger partial charge in [0.25, 0.3) is 5.91 Å². The average molecular weight is 571 g/mol. The number of aryl methyl sites for hydroxylation is 1. The number of hydrogen-bond acceptors (Lipinski definition) is 6. The van der Waals surface area contributed by atoms with Crippen molar-refractivity contribution in [1.29, 1.82) is 0 Å². The molecule has 0 saturated carbocycles. The van der Waals surface area contributed by atoms with Crippen LogP contribution >= 0.6 is 0 Å². The minimum atomic E-state index is -1.02. The Morgan fingerprint density at radius 2 is 1.35 bits per heavy atom. The molecular weight excluding hydrogens is 544 g/mol. The molecule has 0 radical (unpaired) electrons. The molecule has 5 rings (SSSR count). The average Bonchev–Trinajstić information content (AvgIpc) is 3.02. The van der Waals surface area contributed by atoms with E-state index in [0.29, 0.717) is 22.6 Å². The van der Waals surface area contributed by atoms with Crippen molar-refractivity contribution in [1.82, 2.24) is 5.43 Å². The van der Waals surface area contributed by atoms with Crippen LogP contribution in [0.15, 0.2) is 120 Å². The van der Waals surface area contributed by atoms with E-state index in [4.69, 9.17) is 4.74 Å². The maximum Gasteiger partial charge on any atom is 0.344 e. The van der Waals surface area contributed by atoms with Crippen molar-refractivity contribution in [3.05, 3.63) is 138 Å². The third-order valence-electron chi connectivity index (χ3n) is 6.42. The van der Waals surface area contributed by atoms with Crippen molar-refractivity contribution < 1.29 is 23.9 Å². The summed E-state index contributed by atoms with van der Waals surface area (Å²) in [6.07, 6.45) is 1.34. The van der Waals surface area contributed by atoms with Gasteiger partial charge in [0.1, 0.15) is 5.75 Å². The van der Waals surface area contributed by atoms with Gasteiger partial charge in [-0.1, -0.05) is 66.2 Å². The highest BCUT2D eigenvalue weighted by atomic mass is 16.5. The molecule has 212 valence electrons. The molecule has 0 atom stereocenters.